The van der Waals surface area contributed by atoms with Gasteiger partial charge in [0.15, 0.2) is 5.57 Å². The Labute approximate surface area is 122 Å². The van der Waals surface area contributed by atoms with Crippen LogP contribution >= 0.6 is 0 Å². The van der Waals surface area contributed by atoms with E-state index in [1.807, 2.05) is 0 Å². The van der Waals surface area contributed by atoms with Gasteiger partial charge in [-0.15, -0.1) is 0 Å². The highest BCUT2D eigenvalue weighted by atomic mass is 16.5. The van der Waals surface area contributed by atoms with E-state index in [2.05, 4.69) is 5.32 Å². The molecule has 2 fully saturated rings. The van der Waals surface area contributed by atoms with Gasteiger partial charge in [0.2, 0.25) is 0 Å². The van der Waals surface area contributed by atoms with Crippen LogP contribution in [-0.4, -0.2) is 35.5 Å². The minimum Gasteiger partial charge on any atom is -0.462 e. The van der Waals surface area contributed by atoms with Crippen LogP contribution in [0.5, 0.6) is 0 Å². The SMILES string of the molecule is CCOC(=O)C(C#N)=C1NC(=O)N(C2CCCCC2)C1=O. The third kappa shape index (κ3) is 2.89. The van der Waals surface area contributed by atoms with E-state index in [1.165, 1.54) is 0 Å². The highest BCUT2D eigenvalue weighted by Crippen LogP contribution is 2.27. The molecule has 0 unspecified atom stereocenters. The van der Waals surface area contributed by atoms with Gasteiger partial charge in [0.25, 0.3) is 5.91 Å². The molecule has 7 heteroatoms. The van der Waals surface area contributed by atoms with E-state index in [0.29, 0.717) is 0 Å². The van der Waals surface area contributed by atoms with Crippen LogP contribution in [0, 0.1) is 11.3 Å². The number of nitrogens with one attached hydrogen (secondary N) is 1. The van der Waals surface area contributed by atoms with Gasteiger partial charge in [0, 0.05) is 6.04 Å². The van der Waals surface area contributed by atoms with Crippen molar-refractivity contribution in [3.05, 3.63) is 11.3 Å². The molecule has 0 aromatic rings. The van der Waals surface area contributed by atoms with Crippen molar-refractivity contribution in [1.82, 2.24) is 10.2 Å². The molecule has 1 saturated heterocycles. The highest BCUT2D eigenvalue weighted by molar-refractivity contribution is 6.16. The number of imide groups is 1. The van der Waals surface area contributed by atoms with Gasteiger partial charge in [0.05, 0.1) is 6.61 Å². The molecular formula is C14H17N3O4. The first kappa shape index (κ1) is 15.0. The average molecular weight is 291 g/mol. The number of nitriles is 1. The summed E-state index contributed by atoms with van der Waals surface area (Å²) in [6.45, 7) is 1.69. The molecule has 0 radical (unpaired) electrons. The third-order valence-electron chi connectivity index (χ3n) is 3.66. The summed E-state index contributed by atoms with van der Waals surface area (Å²) < 4.78 is 4.73. The van der Waals surface area contributed by atoms with E-state index < -0.39 is 23.5 Å². The van der Waals surface area contributed by atoms with E-state index in [-0.39, 0.29) is 18.3 Å². The van der Waals surface area contributed by atoms with Gasteiger partial charge in [-0.05, 0) is 19.8 Å². The second-order valence-electron chi connectivity index (χ2n) is 4.98. The fourth-order valence-electron chi connectivity index (χ4n) is 2.68. The van der Waals surface area contributed by atoms with Gasteiger partial charge in [-0.25, -0.2) is 9.59 Å². The van der Waals surface area contributed by atoms with Crippen molar-refractivity contribution in [2.75, 3.05) is 6.61 Å². The molecule has 1 saturated carbocycles. The van der Waals surface area contributed by atoms with E-state index in [9.17, 15) is 14.4 Å². The van der Waals surface area contributed by atoms with Gasteiger partial charge in [-0.3, -0.25) is 9.69 Å². The van der Waals surface area contributed by atoms with Crippen molar-refractivity contribution in [3.8, 4) is 6.07 Å². The molecule has 1 aliphatic carbocycles. The minimum absolute atomic E-state index is 0.0891. The normalized spacial score (nSPS) is 21.8. The van der Waals surface area contributed by atoms with Crippen LogP contribution in [0.1, 0.15) is 39.0 Å². The van der Waals surface area contributed by atoms with Crippen LogP contribution < -0.4 is 5.32 Å². The Morgan fingerprint density at radius 3 is 2.62 bits per heavy atom. The first-order chi connectivity index (χ1) is 10.1. The molecule has 2 aliphatic rings. The molecule has 3 amide bonds. The van der Waals surface area contributed by atoms with Gasteiger partial charge in [-0.2, -0.15) is 5.26 Å². The Morgan fingerprint density at radius 1 is 1.38 bits per heavy atom. The maximum absolute atomic E-state index is 12.4. The number of hydrogen-bond donors (Lipinski definition) is 1. The molecule has 112 valence electrons. The summed E-state index contributed by atoms with van der Waals surface area (Å²) in [6, 6.07) is 0.914. The second-order valence-corrected chi connectivity index (χ2v) is 4.98. The standard InChI is InChI=1S/C14H17N3O4/c1-2-21-13(19)10(8-15)11-12(18)17(14(20)16-11)9-6-4-3-5-7-9/h9H,2-7H2,1H3,(H,16,20). The molecule has 2 rings (SSSR count). The van der Waals surface area contributed by atoms with E-state index in [4.69, 9.17) is 10.00 Å². The number of carbonyl (C=O) groups is 3. The van der Waals surface area contributed by atoms with Crippen LogP contribution in [0.2, 0.25) is 0 Å². The average Bonchev–Trinajstić information content (AvgIpc) is 2.76. The van der Waals surface area contributed by atoms with Crippen molar-refractivity contribution >= 4 is 17.9 Å². The van der Waals surface area contributed by atoms with Crippen LogP contribution in [0.15, 0.2) is 11.3 Å². The van der Waals surface area contributed by atoms with Crippen molar-refractivity contribution in [2.24, 2.45) is 0 Å². The first-order valence-corrected chi connectivity index (χ1v) is 7.06. The summed E-state index contributed by atoms with van der Waals surface area (Å²) in [5.74, 6) is -1.51. The van der Waals surface area contributed by atoms with Crippen LogP contribution in [-0.2, 0) is 14.3 Å². The Balaban J connectivity index is 2.27. The highest BCUT2D eigenvalue weighted by Gasteiger charge is 2.41. The number of hydrogen-bond acceptors (Lipinski definition) is 5. The zero-order chi connectivity index (χ0) is 15.4. The number of nitrogens with zero attached hydrogens (tertiary/aromatic N) is 2. The first-order valence-electron chi connectivity index (χ1n) is 7.06. The van der Waals surface area contributed by atoms with E-state index in [1.54, 1.807) is 13.0 Å². The number of amides is 3. The number of urea groups is 1. The quantitative estimate of drug-likeness (QED) is 0.364. The van der Waals surface area contributed by atoms with Crippen molar-refractivity contribution < 1.29 is 19.1 Å². The topological polar surface area (TPSA) is 99.5 Å². The molecule has 0 spiro atoms. The third-order valence-corrected chi connectivity index (χ3v) is 3.66. The molecular weight excluding hydrogens is 274 g/mol. The van der Waals surface area contributed by atoms with Crippen LogP contribution in [0.3, 0.4) is 0 Å². The summed E-state index contributed by atoms with van der Waals surface area (Å²) in [7, 11) is 0. The van der Waals surface area contributed by atoms with E-state index >= 15 is 0 Å². The van der Waals surface area contributed by atoms with E-state index in [0.717, 1.165) is 37.0 Å². The predicted octanol–water partition coefficient (Wildman–Crippen LogP) is 1.21. The Kier molecular flexibility index (Phi) is 4.58. The number of ether oxygens (including phenoxy) is 1. The maximum atomic E-state index is 12.4. The van der Waals surface area contributed by atoms with Crippen molar-refractivity contribution in [2.45, 2.75) is 45.1 Å². The van der Waals surface area contributed by atoms with Gasteiger partial charge < -0.3 is 10.1 Å². The summed E-state index contributed by atoms with van der Waals surface area (Å²) >= 11 is 0. The predicted molar refractivity (Wildman–Crippen MR) is 71.5 cm³/mol. The lowest BCUT2D eigenvalue weighted by Gasteiger charge is -2.28. The molecule has 0 aromatic carbocycles. The smallest absolute Gasteiger partial charge is 0.351 e. The Bertz CT molecular complexity index is 541. The molecule has 0 atom stereocenters. The lowest BCUT2D eigenvalue weighted by atomic mass is 9.94. The Morgan fingerprint density at radius 2 is 2.05 bits per heavy atom. The fourth-order valence-corrected chi connectivity index (χ4v) is 2.68. The summed E-state index contributed by atoms with van der Waals surface area (Å²) in [4.78, 5) is 37.1. The molecule has 0 bridgehead atoms. The maximum Gasteiger partial charge on any atom is 0.351 e. The minimum atomic E-state index is -0.894. The lowest BCUT2D eigenvalue weighted by molar-refractivity contribution is -0.138. The molecule has 0 aromatic heterocycles. The molecule has 1 N–H and O–H groups in total. The lowest BCUT2D eigenvalue weighted by Crippen LogP contribution is -2.41. The number of esters is 1. The summed E-state index contributed by atoms with van der Waals surface area (Å²) in [5, 5.41) is 11.4. The van der Waals surface area contributed by atoms with Gasteiger partial charge in [0.1, 0.15) is 11.8 Å². The number of carbonyl (C=O) groups excluding carboxylic acids is 3. The monoisotopic (exact) mass is 291 g/mol. The fraction of sp³-hybridized carbons (Fsp3) is 0.571. The zero-order valence-electron chi connectivity index (χ0n) is 11.8. The Hall–Kier alpha value is -2.36. The number of rotatable bonds is 3. The van der Waals surface area contributed by atoms with Crippen LogP contribution in [0.4, 0.5) is 4.79 Å². The summed E-state index contributed by atoms with van der Waals surface area (Å²) in [5.41, 5.74) is -0.722. The van der Waals surface area contributed by atoms with Crippen molar-refractivity contribution in [1.29, 1.82) is 5.26 Å². The molecule has 7 nitrogen and oxygen atoms in total. The van der Waals surface area contributed by atoms with Crippen LogP contribution in [0.25, 0.3) is 0 Å². The van der Waals surface area contributed by atoms with Gasteiger partial charge >= 0.3 is 12.0 Å². The second kappa shape index (κ2) is 6.39. The molecule has 1 aliphatic heterocycles. The largest absolute Gasteiger partial charge is 0.462 e. The molecule has 21 heavy (non-hydrogen) atoms. The molecule has 1 heterocycles. The summed E-state index contributed by atoms with van der Waals surface area (Å²) in [6.07, 6.45) is 4.53. The van der Waals surface area contributed by atoms with Gasteiger partial charge in [-0.1, -0.05) is 19.3 Å². The zero-order valence-corrected chi connectivity index (χ0v) is 11.8. The van der Waals surface area contributed by atoms with Crippen molar-refractivity contribution in [3.63, 3.8) is 0 Å².